The summed E-state index contributed by atoms with van der Waals surface area (Å²) in [5, 5.41) is 3.15. The lowest BCUT2D eigenvalue weighted by atomic mass is 10.1. The lowest BCUT2D eigenvalue weighted by molar-refractivity contribution is 0.0526. The third-order valence-corrected chi connectivity index (χ3v) is 4.27. The van der Waals surface area contributed by atoms with Crippen molar-refractivity contribution in [2.24, 2.45) is 0 Å². The third-order valence-electron chi connectivity index (χ3n) is 4.27. The topological polar surface area (TPSA) is 91.8 Å². The van der Waals surface area contributed by atoms with Gasteiger partial charge in [0.2, 0.25) is 11.7 Å². The second-order valence-electron chi connectivity index (χ2n) is 6.10. The maximum absolute atomic E-state index is 11.8. The molecule has 0 saturated heterocycles. The highest BCUT2D eigenvalue weighted by Crippen LogP contribution is 2.40. The van der Waals surface area contributed by atoms with E-state index in [0.29, 0.717) is 46.7 Å². The van der Waals surface area contributed by atoms with Crippen LogP contribution in [0.5, 0.6) is 17.2 Å². The molecule has 3 rings (SSSR count). The molecule has 0 bridgehead atoms. The molecule has 0 unspecified atom stereocenters. The van der Waals surface area contributed by atoms with Gasteiger partial charge in [-0.15, -0.1) is 0 Å². The Balaban J connectivity index is 1.85. The van der Waals surface area contributed by atoms with Crippen molar-refractivity contribution < 1.29 is 23.7 Å². The maximum Gasteiger partial charge on any atom is 0.338 e. The summed E-state index contributed by atoms with van der Waals surface area (Å²) in [5.41, 5.74) is 2.72. The molecule has 3 aromatic rings. The number of hydrogen-bond acceptors (Lipinski definition) is 8. The zero-order valence-electron chi connectivity index (χ0n) is 17.3. The fourth-order valence-corrected chi connectivity index (χ4v) is 2.85. The molecule has 2 aromatic carbocycles. The van der Waals surface area contributed by atoms with Crippen molar-refractivity contribution in [3.05, 3.63) is 54.2 Å². The molecule has 1 N–H and O–H groups in total. The molecule has 0 aliphatic heterocycles. The van der Waals surface area contributed by atoms with Gasteiger partial charge >= 0.3 is 5.97 Å². The van der Waals surface area contributed by atoms with Crippen LogP contribution in [0, 0.1) is 0 Å². The average Bonchev–Trinajstić information content (AvgIpc) is 2.78. The first kappa shape index (κ1) is 20.9. The molecule has 1 aromatic heterocycles. The van der Waals surface area contributed by atoms with Crippen molar-refractivity contribution in [1.82, 2.24) is 9.97 Å². The maximum atomic E-state index is 11.8. The largest absolute Gasteiger partial charge is 0.493 e. The van der Waals surface area contributed by atoms with Gasteiger partial charge in [0.1, 0.15) is 0 Å². The summed E-state index contributed by atoms with van der Waals surface area (Å²) < 4.78 is 21.1. The number of nitrogens with zero attached hydrogens (tertiary/aromatic N) is 2. The average molecular weight is 409 g/mol. The van der Waals surface area contributed by atoms with Crippen LogP contribution < -0.4 is 19.5 Å². The van der Waals surface area contributed by atoms with Gasteiger partial charge in [-0.05, 0) is 25.1 Å². The standard InChI is InChI=1S/C22H23N3O5/c1-5-30-21(26)15-8-6-14(7-9-15)17-10-11-23-22(25-17)24-16-12-18(27-2)20(29-4)19(13-16)28-3/h6-13H,5H2,1-4H3,(H,23,24,25). The van der Waals surface area contributed by atoms with Crippen LogP contribution in [0.2, 0.25) is 0 Å². The number of benzene rings is 2. The first-order chi connectivity index (χ1) is 14.6. The van der Waals surface area contributed by atoms with E-state index in [2.05, 4.69) is 15.3 Å². The molecule has 0 spiro atoms. The van der Waals surface area contributed by atoms with Gasteiger partial charge in [-0.25, -0.2) is 14.8 Å². The highest BCUT2D eigenvalue weighted by atomic mass is 16.5. The summed E-state index contributed by atoms with van der Waals surface area (Å²) in [7, 11) is 4.66. The minimum absolute atomic E-state index is 0.336. The lowest BCUT2D eigenvalue weighted by Gasteiger charge is -2.14. The zero-order chi connectivity index (χ0) is 21.5. The fraction of sp³-hybridized carbons (Fsp3) is 0.227. The molecule has 0 amide bonds. The van der Waals surface area contributed by atoms with E-state index in [4.69, 9.17) is 18.9 Å². The van der Waals surface area contributed by atoms with Crippen LogP contribution >= 0.6 is 0 Å². The fourth-order valence-electron chi connectivity index (χ4n) is 2.85. The van der Waals surface area contributed by atoms with Gasteiger partial charge in [0.15, 0.2) is 11.5 Å². The third kappa shape index (κ3) is 4.60. The summed E-state index contributed by atoms with van der Waals surface area (Å²) in [6.45, 7) is 2.11. The molecule has 156 valence electrons. The first-order valence-corrected chi connectivity index (χ1v) is 9.27. The number of rotatable bonds is 8. The molecule has 1 heterocycles. The van der Waals surface area contributed by atoms with E-state index in [1.165, 1.54) is 0 Å². The summed E-state index contributed by atoms with van der Waals surface area (Å²) in [5.74, 6) is 1.59. The quantitative estimate of drug-likeness (QED) is 0.556. The van der Waals surface area contributed by atoms with Crippen molar-refractivity contribution in [2.75, 3.05) is 33.3 Å². The van der Waals surface area contributed by atoms with Crippen LogP contribution in [0.1, 0.15) is 17.3 Å². The number of carbonyl (C=O) groups excluding carboxylic acids is 1. The van der Waals surface area contributed by atoms with Gasteiger partial charge in [0, 0.05) is 29.6 Å². The second kappa shape index (κ2) is 9.60. The summed E-state index contributed by atoms with van der Waals surface area (Å²) in [6.07, 6.45) is 1.65. The number of nitrogens with one attached hydrogen (secondary N) is 1. The Kier molecular flexibility index (Phi) is 6.69. The van der Waals surface area contributed by atoms with Crippen molar-refractivity contribution in [3.63, 3.8) is 0 Å². The SMILES string of the molecule is CCOC(=O)c1ccc(-c2ccnc(Nc3cc(OC)c(OC)c(OC)c3)n2)cc1. The number of ether oxygens (including phenoxy) is 4. The molecule has 0 atom stereocenters. The molecule has 0 fully saturated rings. The van der Waals surface area contributed by atoms with E-state index in [1.54, 1.807) is 64.8 Å². The molecule has 30 heavy (non-hydrogen) atoms. The predicted molar refractivity (Wildman–Crippen MR) is 113 cm³/mol. The highest BCUT2D eigenvalue weighted by molar-refractivity contribution is 5.90. The Labute approximate surface area is 174 Å². The van der Waals surface area contributed by atoms with Gasteiger partial charge in [-0.2, -0.15) is 0 Å². The number of hydrogen-bond donors (Lipinski definition) is 1. The minimum atomic E-state index is -0.350. The summed E-state index contributed by atoms with van der Waals surface area (Å²) >= 11 is 0. The van der Waals surface area contributed by atoms with Gasteiger partial charge in [-0.3, -0.25) is 0 Å². The Hall–Kier alpha value is -3.81. The summed E-state index contributed by atoms with van der Waals surface area (Å²) in [6, 6.07) is 12.4. The van der Waals surface area contributed by atoms with Crippen LogP contribution in [0.3, 0.4) is 0 Å². The van der Waals surface area contributed by atoms with Crippen LogP contribution in [-0.4, -0.2) is 43.9 Å². The second-order valence-corrected chi connectivity index (χ2v) is 6.10. The van der Waals surface area contributed by atoms with Crippen molar-refractivity contribution in [2.45, 2.75) is 6.92 Å². The monoisotopic (exact) mass is 409 g/mol. The van der Waals surface area contributed by atoms with Gasteiger partial charge in [-0.1, -0.05) is 12.1 Å². The number of anilines is 2. The molecule has 8 heteroatoms. The molecule has 0 aliphatic rings. The Bertz CT molecular complexity index is 997. The van der Waals surface area contributed by atoms with Crippen LogP contribution in [0.25, 0.3) is 11.3 Å². The number of methoxy groups -OCH3 is 3. The molecular weight excluding hydrogens is 386 g/mol. The van der Waals surface area contributed by atoms with Crippen molar-refractivity contribution >= 4 is 17.6 Å². The van der Waals surface area contributed by atoms with E-state index in [0.717, 1.165) is 5.56 Å². The van der Waals surface area contributed by atoms with Crippen LogP contribution in [-0.2, 0) is 4.74 Å². The van der Waals surface area contributed by atoms with Crippen LogP contribution in [0.4, 0.5) is 11.6 Å². The van der Waals surface area contributed by atoms with Gasteiger partial charge in [0.25, 0.3) is 0 Å². The molecule has 0 aliphatic carbocycles. The van der Waals surface area contributed by atoms with E-state index in [1.807, 2.05) is 12.1 Å². The Morgan fingerprint density at radius 3 is 2.20 bits per heavy atom. The number of aromatic nitrogens is 2. The van der Waals surface area contributed by atoms with E-state index < -0.39 is 0 Å². The van der Waals surface area contributed by atoms with E-state index in [-0.39, 0.29) is 5.97 Å². The number of esters is 1. The van der Waals surface area contributed by atoms with Gasteiger partial charge in [0.05, 0.1) is 39.2 Å². The molecule has 0 saturated carbocycles. The lowest BCUT2D eigenvalue weighted by Crippen LogP contribution is -2.04. The molecular formula is C22H23N3O5. The number of carbonyl (C=O) groups is 1. The minimum Gasteiger partial charge on any atom is -0.493 e. The highest BCUT2D eigenvalue weighted by Gasteiger charge is 2.14. The van der Waals surface area contributed by atoms with E-state index in [9.17, 15) is 4.79 Å². The van der Waals surface area contributed by atoms with E-state index >= 15 is 0 Å². The molecule has 8 nitrogen and oxygen atoms in total. The summed E-state index contributed by atoms with van der Waals surface area (Å²) in [4.78, 5) is 20.6. The normalized spacial score (nSPS) is 10.3. The smallest absolute Gasteiger partial charge is 0.338 e. The Morgan fingerprint density at radius 2 is 1.63 bits per heavy atom. The predicted octanol–water partition coefficient (Wildman–Crippen LogP) is 4.09. The Morgan fingerprint density at radius 1 is 0.967 bits per heavy atom. The van der Waals surface area contributed by atoms with Gasteiger partial charge < -0.3 is 24.3 Å². The van der Waals surface area contributed by atoms with Crippen LogP contribution in [0.15, 0.2) is 48.7 Å². The zero-order valence-corrected chi connectivity index (χ0v) is 17.3. The van der Waals surface area contributed by atoms with Crippen molar-refractivity contribution in [1.29, 1.82) is 0 Å². The van der Waals surface area contributed by atoms with Crippen molar-refractivity contribution in [3.8, 4) is 28.5 Å². The first-order valence-electron chi connectivity index (χ1n) is 9.27. The molecule has 0 radical (unpaired) electrons.